The molecule has 2 amide bonds. The van der Waals surface area contributed by atoms with Gasteiger partial charge in [-0.15, -0.1) is 0 Å². The van der Waals surface area contributed by atoms with Gasteiger partial charge in [0, 0.05) is 50.7 Å². The number of fused-ring (bicyclic) bond motifs is 1. The predicted octanol–water partition coefficient (Wildman–Crippen LogP) is 3.55. The monoisotopic (exact) mass is 427 g/mol. The molecule has 2 aliphatic heterocycles. The first-order valence-corrected chi connectivity index (χ1v) is 11.4. The van der Waals surface area contributed by atoms with E-state index in [0.29, 0.717) is 24.6 Å². The lowest BCUT2D eigenvalue weighted by atomic mass is 10.1. The summed E-state index contributed by atoms with van der Waals surface area (Å²) in [5, 5.41) is 0.931. The van der Waals surface area contributed by atoms with E-state index in [1.807, 2.05) is 17.0 Å². The molecule has 0 bridgehead atoms. The van der Waals surface area contributed by atoms with Gasteiger partial charge < -0.3 is 24.2 Å². The lowest BCUT2D eigenvalue weighted by Crippen LogP contribution is -2.53. The fourth-order valence-electron chi connectivity index (χ4n) is 4.55. The van der Waals surface area contributed by atoms with E-state index in [1.54, 1.807) is 20.5 Å². The van der Waals surface area contributed by atoms with Crippen molar-refractivity contribution in [1.82, 2.24) is 19.8 Å². The minimum atomic E-state index is 0.195. The Labute approximate surface area is 184 Å². The Morgan fingerprint density at radius 3 is 2.00 bits per heavy atom. The molecule has 2 saturated heterocycles. The molecule has 31 heavy (non-hydrogen) atoms. The van der Waals surface area contributed by atoms with Crippen molar-refractivity contribution in [2.75, 3.05) is 58.4 Å². The average molecular weight is 428 g/mol. The van der Waals surface area contributed by atoms with Gasteiger partial charge in [-0.05, 0) is 18.9 Å². The molecule has 168 valence electrons. The molecule has 1 aromatic heterocycles. The van der Waals surface area contributed by atoms with Crippen LogP contribution in [0.1, 0.15) is 38.5 Å². The number of amides is 2. The zero-order valence-corrected chi connectivity index (χ0v) is 18.7. The normalized spacial score (nSPS) is 18.3. The number of carbonyl (C=O) groups is 1. The highest BCUT2D eigenvalue weighted by molar-refractivity contribution is 5.92. The van der Waals surface area contributed by atoms with Crippen molar-refractivity contribution < 1.29 is 14.3 Å². The number of hydrogen-bond donors (Lipinski definition) is 0. The second-order valence-electron chi connectivity index (χ2n) is 8.29. The molecule has 0 aliphatic carbocycles. The van der Waals surface area contributed by atoms with Crippen LogP contribution in [0.15, 0.2) is 18.5 Å². The number of ether oxygens (including phenoxy) is 2. The van der Waals surface area contributed by atoms with Crippen molar-refractivity contribution in [1.29, 1.82) is 0 Å². The molecule has 8 heteroatoms. The second-order valence-corrected chi connectivity index (χ2v) is 8.29. The van der Waals surface area contributed by atoms with Gasteiger partial charge in [0.25, 0.3) is 0 Å². The molecular formula is C23H33N5O3. The maximum atomic E-state index is 13.1. The molecule has 2 fully saturated rings. The summed E-state index contributed by atoms with van der Waals surface area (Å²) in [4.78, 5) is 28.4. The smallest absolute Gasteiger partial charge is 0.320 e. The first kappa shape index (κ1) is 21.5. The Morgan fingerprint density at radius 1 is 0.774 bits per heavy atom. The number of aromatic nitrogens is 2. The molecule has 0 unspecified atom stereocenters. The van der Waals surface area contributed by atoms with Crippen molar-refractivity contribution in [2.45, 2.75) is 38.5 Å². The summed E-state index contributed by atoms with van der Waals surface area (Å²) < 4.78 is 10.9. The van der Waals surface area contributed by atoms with Crippen molar-refractivity contribution >= 4 is 22.8 Å². The summed E-state index contributed by atoms with van der Waals surface area (Å²) in [6.07, 6.45) is 8.87. The highest BCUT2D eigenvalue weighted by atomic mass is 16.5. The van der Waals surface area contributed by atoms with Gasteiger partial charge in [-0.1, -0.05) is 25.7 Å². The number of methoxy groups -OCH3 is 2. The van der Waals surface area contributed by atoms with Crippen LogP contribution >= 0.6 is 0 Å². The highest BCUT2D eigenvalue weighted by Crippen LogP contribution is 2.35. The maximum Gasteiger partial charge on any atom is 0.320 e. The number of benzene rings is 1. The minimum absolute atomic E-state index is 0.195. The average Bonchev–Trinajstić information content (AvgIpc) is 2.96. The van der Waals surface area contributed by atoms with Crippen molar-refractivity contribution in [3.8, 4) is 11.5 Å². The SMILES string of the molecule is COc1cc2ncnc(N3CCN(C(=O)N4CCCCCCCC4)CC3)c2cc1OC. The minimum Gasteiger partial charge on any atom is -0.493 e. The summed E-state index contributed by atoms with van der Waals surface area (Å²) in [7, 11) is 3.25. The Bertz CT molecular complexity index is 888. The van der Waals surface area contributed by atoms with E-state index in [0.717, 1.165) is 55.7 Å². The molecule has 0 N–H and O–H groups in total. The maximum absolute atomic E-state index is 13.1. The molecule has 0 spiro atoms. The fraction of sp³-hybridized carbons (Fsp3) is 0.609. The van der Waals surface area contributed by atoms with E-state index in [2.05, 4.69) is 19.8 Å². The summed E-state index contributed by atoms with van der Waals surface area (Å²) in [5.41, 5.74) is 0.817. The summed E-state index contributed by atoms with van der Waals surface area (Å²) in [5.74, 6) is 2.19. The summed E-state index contributed by atoms with van der Waals surface area (Å²) >= 11 is 0. The number of piperazine rings is 1. The van der Waals surface area contributed by atoms with Crippen molar-refractivity contribution in [2.24, 2.45) is 0 Å². The Hall–Kier alpha value is -2.77. The largest absolute Gasteiger partial charge is 0.493 e. The lowest BCUT2D eigenvalue weighted by Gasteiger charge is -2.38. The van der Waals surface area contributed by atoms with Gasteiger partial charge in [-0.3, -0.25) is 0 Å². The quantitative estimate of drug-likeness (QED) is 0.746. The molecule has 0 saturated carbocycles. The van der Waals surface area contributed by atoms with E-state index >= 15 is 0 Å². The molecule has 1 aromatic carbocycles. The number of anilines is 1. The van der Waals surface area contributed by atoms with Crippen molar-refractivity contribution in [3.05, 3.63) is 18.5 Å². The molecule has 0 radical (unpaired) electrons. The number of urea groups is 1. The van der Waals surface area contributed by atoms with Crippen LogP contribution in [-0.2, 0) is 0 Å². The summed E-state index contributed by atoms with van der Waals surface area (Å²) in [6, 6.07) is 4.01. The molecule has 2 aromatic rings. The fourth-order valence-corrected chi connectivity index (χ4v) is 4.55. The van der Waals surface area contributed by atoms with Crippen LogP contribution in [0.2, 0.25) is 0 Å². The van der Waals surface area contributed by atoms with E-state index in [1.165, 1.54) is 25.7 Å². The topological polar surface area (TPSA) is 71.0 Å². The van der Waals surface area contributed by atoms with Crippen LogP contribution in [0.25, 0.3) is 10.9 Å². The Kier molecular flexibility index (Phi) is 6.94. The molecule has 0 atom stereocenters. The van der Waals surface area contributed by atoms with E-state index < -0.39 is 0 Å². The van der Waals surface area contributed by atoms with Crippen LogP contribution in [0.5, 0.6) is 11.5 Å². The Balaban J connectivity index is 1.46. The summed E-state index contributed by atoms with van der Waals surface area (Å²) in [6.45, 7) is 4.68. The van der Waals surface area contributed by atoms with E-state index in [4.69, 9.17) is 9.47 Å². The standard InChI is InChI=1S/C23H33N5O3/c1-30-20-15-18-19(16-21(20)31-2)24-17-25-22(18)26-11-13-28(14-12-26)23(29)27-9-7-5-3-4-6-8-10-27/h15-17H,3-14H2,1-2H3. The Morgan fingerprint density at radius 2 is 1.35 bits per heavy atom. The molecule has 2 aliphatic rings. The van der Waals surface area contributed by atoms with Crippen LogP contribution < -0.4 is 14.4 Å². The van der Waals surface area contributed by atoms with Gasteiger partial charge in [-0.25, -0.2) is 14.8 Å². The van der Waals surface area contributed by atoms with E-state index in [-0.39, 0.29) is 6.03 Å². The molecule has 4 rings (SSSR count). The second kappa shape index (κ2) is 10.0. The van der Waals surface area contributed by atoms with Crippen molar-refractivity contribution in [3.63, 3.8) is 0 Å². The number of rotatable bonds is 3. The van der Waals surface area contributed by atoms with Gasteiger partial charge in [0.1, 0.15) is 12.1 Å². The van der Waals surface area contributed by atoms with Crippen LogP contribution in [0.3, 0.4) is 0 Å². The first-order chi connectivity index (χ1) is 15.2. The van der Waals surface area contributed by atoms with E-state index in [9.17, 15) is 4.79 Å². The predicted molar refractivity (Wildman–Crippen MR) is 121 cm³/mol. The number of hydrogen-bond acceptors (Lipinski definition) is 6. The lowest BCUT2D eigenvalue weighted by molar-refractivity contribution is 0.149. The highest BCUT2D eigenvalue weighted by Gasteiger charge is 2.27. The molecular weight excluding hydrogens is 394 g/mol. The zero-order valence-electron chi connectivity index (χ0n) is 18.7. The van der Waals surface area contributed by atoms with Crippen LogP contribution in [0.4, 0.5) is 10.6 Å². The van der Waals surface area contributed by atoms with Gasteiger partial charge in [-0.2, -0.15) is 0 Å². The molecule has 3 heterocycles. The van der Waals surface area contributed by atoms with Gasteiger partial charge in [0.15, 0.2) is 11.5 Å². The third-order valence-corrected chi connectivity index (χ3v) is 6.35. The third kappa shape index (κ3) is 4.78. The van der Waals surface area contributed by atoms with Crippen LogP contribution in [0, 0.1) is 0 Å². The zero-order chi connectivity index (χ0) is 21.6. The number of nitrogens with zero attached hydrogens (tertiary/aromatic N) is 5. The van der Waals surface area contributed by atoms with Crippen LogP contribution in [-0.4, -0.2) is 79.3 Å². The third-order valence-electron chi connectivity index (χ3n) is 6.35. The number of carbonyl (C=O) groups excluding carboxylic acids is 1. The van der Waals surface area contributed by atoms with Gasteiger partial charge in [0.2, 0.25) is 0 Å². The molecule has 8 nitrogen and oxygen atoms in total. The first-order valence-electron chi connectivity index (χ1n) is 11.4. The van der Waals surface area contributed by atoms with Gasteiger partial charge in [0.05, 0.1) is 19.7 Å². The van der Waals surface area contributed by atoms with Gasteiger partial charge >= 0.3 is 6.03 Å².